The predicted molar refractivity (Wildman–Crippen MR) is 65.3 cm³/mol. The molecule has 0 aliphatic carbocycles. The molecular formula is C14H11FIN2-. The molecule has 2 heterocycles. The van der Waals surface area contributed by atoms with Crippen LogP contribution in [-0.2, 0) is 0 Å². The van der Waals surface area contributed by atoms with Gasteiger partial charge in [-0.3, -0.25) is 0 Å². The van der Waals surface area contributed by atoms with Gasteiger partial charge in [0.2, 0.25) is 0 Å². The van der Waals surface area contributed by atoms with E-state index in [-0.39, 0.29) is 29.8 Å². The summed E-state index contributed by atoms with van der Waals surface area (Å²) < 4.78 is 14.9. The van der Waals surface area contributed by atoms with Crippen molar-refractivity contribution in [2.45, 2.75) is 6.92 Å². The Bertz CT molecular complexity index is 674. The Morgan fingerprint density at radius 2 is 1.78 bits per heavy atom. The van der Waals surface area contributed by atoms with E-state index in [1.54, 1.807) is 12.1 Å². The van der Waals surface area contributed by atoms with E-state index in [9.17, 15) is 4.39 Å². The zero-order chi connectivity index (χ0) is 11.8. The van der Waals surface area contributed by atoms with E-state index in [1.807, 2.05) is 35.7 Å². The molecule has 3 rings (SSSR count). The highest BCUT2D eigenvalue weighted by Crippen LogP contribution is 2.20. The second-order valence-corrected chi connectivity index (χ2v) is 4.03. The first-order valence-corrected chi connectivity index (χ1v) is 5.45. The molecule has 4 heteroatoms. The fraction of sp³-hybridized carbons (Fsp3) is 0.0714. The molecule has 1 aromatic carbocycles. The number of aromatic nitrogens is 2. The number of hydrogen-bond acceptors (Lipinski definition) is 1. The lowest BCUT2D eigenvalue weighted by atomic mass is 10.2. The van der Waals surface area contributed by atoms with Gasteiger partial charge in [0, 0.05) is 17.5 Å². The quantitative estimate of drug-likeness (QED) is 0.581. The fourth-order valence-electron chi connectivity index (χ4n) is 1.91. The van der Waals surface area contributed by atoms with E-state index >= 15 is 0 Å². The number of pyridine rings is 1. The second-order valence-electron chi connectivity index (χ2n) is 4.03. The van der Waals surface area contributed by atoms with Crippen LogP contribution in [0, 0.1) is 12.7 Å². The maximum atomic E-state index is 12.8. The number of halogens is 2. The molecule has 3 aromatic rings. The van der Waals surface area contributed by atoms with Crippen LogP contribution in [0.2, 0.25) is 0 Å². The largest absolute Gasteiger partial charge is 1.00 e. The summed E-state index contributed by atoms with van der Waals surface area (Å²) in [7, 11) is 0. The minimum absolute atomic E-state index is 0. The highest BCUT2D eigenvalue weighted by atomic mass is 127. The molecule has 92 valence electrons. The minimum atomic E-state index is -0.228. The zero-order valence-electron chi connectivity index (χ0n) is 9.77. The third-order valence-electron chi connectivity index (χ3n) is 2.84. The Balaban J connectivity index is 0.00000120. The molecule has 0 spiro atoms. The normalized spacial score (nSPS) is 10.3. The number of hydrogen-bond donors (Lipinski definition) is 0. The topological polar surface area (TPSA) is 17.3 Å². The summed E-state index contributed by atoms with van der Waals surface area (Å²) in [6.07, 6.45) is 1.97. The molecule has 0 bridgehead atoms. The highest BCUT2D eigenvalue weighted by molar-refractivity contribution is 5.62. The van der Waals surface area contributed by atoms with E-state index in [0.29, 0.717) is 0 Å². The molecule has 0 aliphatic rings. The maximum absolute atomic E-state index is 12.8. The number of fused-ring (bicyclic) bond motifs is 1. The van der Waals surface area contributed by atoms with Crippen LogP contribution in [0.25, 0.3) is 16.9 Å². The van der Waals surface area contributed by atoms with Crippen molar-refractivity contribution in [3.05, 3.63) is 60.2 Å². The fourth-order valence-corrected chi connectivity index (χ4v) is 1.91. The predicted octanol–water partition coefficient (Wildman–Crippen LogP) is 0.453. The monoisotopic (exact) mass is 353 g/mol. The number of nitrogens with zero attached hydrogens (tertiary/aromatic N) is 2. The lowest BCUT2D eigenvalue weighted by molar-refractivity contribution is -0.00000417. The van der Waals surface area contributed by atoms with Gasteiger partial charge in [-0.25, -0.2) is 9.37 Å². The molecule has 0 saturated heterocycles. The molecule has 2 aromatic heterocycles. The molecule has 2 nitrogen and oxygen atoms in total. The van der Waals surface area contributed by atoms with Crippen LogP contribution in [0.1, 0.15) is 5.69 Å². The molecule has 0 fully saturated rings. The van der Waals surface area contributed by atoms with Crippen LogP contribution in [0.5, 0.6) is 0 Å². The van der Waals surface area contributed by atoms with Crippen LogP contribution in [-0.4, -0.2) is 9.38 Å². The van der Waals surface area contributed by atoms with Gasteiger partial charge >= 0.3 is 0 Å². The molecule has 0 radical (unpaired) electrons. The SMILES string of the molecule is Cc1cccc2nc(-c3ccc(F)cc3)cn12.[I-]. The molecule has 0 aliphatic heterocycles. The molecule has 0 N–H and O–H groups in total. The minimum Gasteiger partial charge on any atom is -1.00 e. The van der Waals surface area contributed by atoms with Crippen LogP contribution in [0.4, 0.5) is 4.39 Å². The number of benzene rings is 1. The van der Waals surface area contributed by atoms with Gasteiger partial charge < -0.3 is 28.4 Å². The van der Waals surface area contributed by atoms with Crippen molar-refractivity contribution in [3.63, 3.8) is 0 Å². The second kappa shape index (κ2) is 5.06. The van der Waals surface area contributed by atoms with Crippen molar-refractivity contribution < 1.29 is 28.4 Å². The van der Waals surface area contributed by atoms with Crippen molar-refractivity contribution in [2.75, 3.05) is 0 Å². The number of rotatable bonds is 1. The summed E-state index contributed by atoms with van der Waals surface area (Å²) >= 11 is 0. The molecule has 18 heavy (non-hydrogen) atoms. The average Bonchev–Trinajstić information content (AvgIpc) is 2.75. The van der Waals surface area contributed by atoms with Crippen molar-refractivity contribution in [3.8, 4) is 11.3 Å². The summed E-state index contributed by atoms with van der Waals surface area (Å²) in [5.41, 5.74) is 3.82. The van der Waals surface area contributed by atoms with Gasteiger partial charge in [-0.1, -0.05) is 6.07 Å². The first kappa shape index (κ1) is 13.0. The summed E-state index contributed by atoms with van der Waals surface area (Å²) in [5.74, 6) is -0.228. The van der Waals surface area contributed by atoms with Gasteiger partial charge in [-0.2, -0.15) is 0 Å². The average molecular weight is 353 g/mol. The Morgan fingerprint density at radius 3 is 2.44 bits per heavy atom. The van der Waals surface area contributed by atoms with E-state index in [2.05, 4.69) is 4.98 Å². The zero-order valence-corrected chi connectivity index (χ0v) is 11.9. The molecule has 0 amide bonds. The summed E-state index contributed by atoms with van der Waals surface area (Å²) in [6.45, 7) is 2.03. The van der Waals surface area contributed by atoms with E-state index < -0.39 is 0 Å². The third kappa shape index (κ3) is 2.25. The van der Waals surface area contributed by atoms with Gasteiger partial charge in [0.25, 0.3) is 0 Å². The first-order valence-electron chi connectivity index (χ1n) is 5.45. The Morgan fingerprint density at radius 1 is 1.06 bits per heavy atom. The van der Waals surface area contributed by atoms with Crippen molar-refractivity contribution >= 4 is 5.65 Å². The Hall–Kier alpha value is -1.43. The number of aryl methyl sites for hydroxylation is 1. The van der Waals surface area contributed by atoms with Gasteiger partial charge in [0.05, 0.1) is 5.69 Å². The van der Waals surface area contributed by atoms with Crippen LogP contribution in [0.15, 0.2) is 48.7 Å². The van der Waals surface area contributed by atoms with Gasteiger partial charge in [-0.15, -0.1) is 0 Å². The molecule has 0 saturated carbocycles. The third-order valence-corrected chi connectivity index (χ3v) is 2.84. The molecule has 0 atom stereocenters. The van der Waals surface area contributed by atoms with E-state index in [1.165, 1.54) is 12.1 Å². The first-order chi connectivity index (χ1) is 8.24. The Kier molecular flexibility index (Phi) is 3.65. The van der Waals surface area contributed by atoms with Crippen LogP contribution >= 0.6 is 0 Å². The van der Waals surface area contributed by atoms with E-state index in [0.717, 1.165) is 22.6 Å². The smallest absolute Gasteiger partial charge is 0.137 e. The van der Waals surface area contributed by atoms with Crippen molar-refractivity contribution in [1.82, 2.24) is 9.38 Å². The maximum Gasteiger partial charge on any atom is 0.137 e. The van der Waals surface area contributed by atoms with E-state index in [4.69, 9.17) is 0 Å². The summed E-state index contributed by atoms with van der Waals surface area (Å²) in [6, 6.07) is 12.4. The summed E-state index contributed by atoms with van der Waals surface area (Å²) in [5, 5.41) is 0. The van der Waals surface area contributed by atoms with Crippen LogP contribution < -0.4 is 24.0 Å². The molecular weight excluding hydrogens is 342 g/mol. The standard InChI is InChI=1S/C14H11FN2.HI/c1-10-3-2-4-14-16-13(9-17(10)14)11-5-7-12(15)8-6-11;/h2-9H,1H3;1H/p-1. The lowest BCUT2D eigenvalue weighted by Gasteiger charge is -1.96. The lowest BCUT2D eigenvalue weighted by Crippen LogP contribution is -3.00. The van der Waals surface area contributed by atoms with Gasteiger partial charge in [-0.05, 0) is 43.3 Å². The van der Waals surface area contributed by atoms with Crippen LogP contribution in [0.3, 0.4) is 0 Å². The highest BCUT2D eigenvalue weighted by Gasteiger charge is 2.05. The Labute approximate surface area is 122 Å². The van der Waals surface area contributed by atoms with Gasteiger partial charge in [0.1, 0.15) is 11.5 Å². The summed E-state index contributed by atoms with van der Waals surface area (Å²) in [4.78, 5) is 4.51. The van der Waals surface area contributed by atoms with Crippen molar-refractivity contribution in [2.24, 2.45) is 0 Å². The number of imidazole rings is 1. The van der Waals surface area contributed by atoms with Crippen molar-refractivity contribution in [1.29, 1.82) is 0 Å². The van der Waals surface area contributed by atoms with Gasteiger partial charge in [0.15, 0.2) is 0 Å². The molecule has 0 unspecified atom stereocenters.